The third-order valence-electron chi connectivity index (χ3n) is 2.21. The zero-order valence-corrected chi connectivity index (χ0v) is 11.1. The second-order valence-electron chi connectivity index (χ2n) is 3.56. The lowest BCUT2D eigenvalue weighted by Crippen LogP contribution is -1.90. The van der Waals surface area contributed by atoms with Crippen molar-refractivity contribution in [2.24, 2.45) is 0 Å². The second kappa shape index (κ2) is 6.34. The van der Waals surface area contributed by atoms with Crippen LogP contribution < -0.4 is 0 Å². The van der Waals surface area contributed by atoms with Crippen molar-refractivity contribution in [3.05, 3.63) is 59.7 Å². The summed E-state index contributed by atoms with van der Waals surface area (Å²) < 4.78 is 52.0. The minimum atomic E-state index is -0.939. The summed E-state index contributed by atoms with van der Waals surface area (Å²) in [5, 5.41) is 0.338. The van der Waals surface area contributed by atoms with E-state index in [-0.39, 0.29) is 10.7 Å². The van der Waals surface area contributed by atoms with E-state index >= 15 is 0 Å². The summed E-state index contributed by atoms with van der Waals surface area (Å²) in [6.45, 7) is 0. The van der Waals surface area contributed by atoms with Gasteiger partial charge in [-0.05, 0) is 24.3 Å². The van der Waals surface area contributed by atoms with Gasteiger partial charge in [0.15, 0.2) is 0 Å². The molecule has 0 saturated carbocycles. The molecule has 0 atom stereocenters. The lowest BCUT2D eigenvalue weighted by Gasteiger charge is -2.05. The maximum atomic E-state index is 13.3. The van der Waals surface area contributed by atoms with E-state index in [1.807, 2.05) is 0 Å². The second-order valence-corrected chi connectivity index (χ2v) is 5.96. The fourth-order valence-corrected chi connectivity index (χ4v) is 3.33. The number of rotatable bonds is 4. The van der Waals surface area contributed by atoms with E-state index < -0.39 is 17.5 Å². The SMILES string of the molecule is Fc1ccc(SCSc2c(F)cc(F)cc2F)cc1. The summed E-state index contributed by atoms with van der Waals surface area (Å²) in [7, 11) is 0. The molecule has 0 aromatic heterocycles. The van der Waals surface area contributed by atoms with Gasteiger partial charge in [0.2, 0.25) is 0 Å². The first kappa shape index (κ1) is 14.3. The van der Waals surface area contributed by atoms with Gasteiger partial charge in [0, 0.05) is 22.1 Å². The van der Waals surface area contributed by atoms with Crippen LogP contribution >= 0.6 is 23.5 Å². The molecule has 0 nitrogen and oxygen atoms in total. The van der Waals surface area contributed by atoms with Gasteiger partial charge < -0.3 is 0 Å². The molecule has 0 amide bonds. The Balaban J connectivity index is 1.98. The molecule has 0 aliphatic carbocycles. The standard InChI is InChI=1S/C13H8F4S2/c14-8-1-3-10(4-2-8)18-7-19-13-11(16)5-9(15)6-12(13)17/h1-6H,7H2. The Morgan fingerprint density at radius 3 is 1.89 bits per heavy atom. The van der Waals surface area contributed by atoms with Crippen LogP contribution in [-0.2, 0) is 0 Å². The fraction of sp³-hybridized carbons (Fsp3) is 0.0769. The van der Waals surface area contributed by atoms with Gasteiger partial charge in [-0.3, -0.25) is 0 Å². The summed E-state index contributed by atoms with van der Waals surface area (Å²) in [4.78, 5) is 0.577. The topological polar surface area (TPSA) is 0 Å². The lowest BCUT2D eigenvalue weighted by atomic mass is 10.3. The van der Waals surface area contributed by atoms with Crippen molar-refractivity contribution in [3.8, 4) is 0 Å². The van der Waals surface area contributed by atoms with Gasteiger partial charge in [0.25, 0.3) is 0 Å². The Kier molecular flexibility index (Phi) is 4.76. The van der Waals surface area contributed by atoms with Crippen LogP contribution in [0.25, 0.3) is 0 Å². The Bertz CT molecular complexity index is 546. The predicted octanol–water partition coefficient (Wildman–Crippen LogP) is 5.08. The summed E-state index contributed by atoms with van der Waals surface area (Å²) in [5.41, 5.74) is 0. The highest BCUT2D eigenvalue weighted by Crippen LogP contribution is 2.31. The van der Waals surface area contributed by atoms with E-state index in [1.54, 1.807) is 12.1 Å². The van der Waals surface area contributed by atoms with Crippen LogP contribution in [0.15, 0.2) is 46.2 Å². The Morgan fingerprint density at radius 1 is 0.737 bits per heavy atom. The first-order valence-corrected chi connectivity index (χ1v) is 7.19. The number of benzene rings is 2. The molecule has 0 N–H and O–H groups in total. The molecule has 0 aliphatic heterocycles. The van der Waals surface area contributed by atoms with E-state index in [0.717, 1.165) is 16.7 Å². The molecule has 0 spiro atoms. The van der Waals surface area contributed by atoms with E-state index in [0.29, 0.717) is 17.2 Å². The molecule has 2 rings (SSSR count). The highest BCUT2D eigenvalue weighted by atomic mass is 32.2. The minimum Gasteiger partial charge on any atom is -0.207 e. The molecule has 0 fully saturated rings. The van der Waals surface area contributed by atoms with Crippen LogP contribution in [0.2, 0.25) is 0 Å². The Hall–Kier alpha value is -1.14. The third kappa shape index (κ3) is 3.91. The van der Waals surface area contributed by atoms with Gasteiger partial charge in [-0.15, -0.1) is 23.5 Å². The Morgan fingerprint density at radius 2 is 1.32 bits per heavy atom. The first-order chi connectivity index (χ1) is 9.06. The van der Waals surface area contributed by atoms with Crippen molar-refractivity contribution in [2.45, 2.75) is 9.79 Å². The van der Waals surface area contributed by atoms with Gasteiger partial charge >= 0.3 is 0 Å². The van der Waals surface area contributed by atoms with E-state index in [4.69, 9.17) is 0 Å². The summed E-state index contributed by atoms with van der Waals surface area (Å²) in [5.74, 6) is -3.11. The number of halogens is 4. The molecule has 0 heterocycles. The van der Waals surface area contributed by atoms with Crippen LogP contribution in [0.5, 0.6) is 0 Å². The number of hydrogen-bond acceptors (Lipinski definition) is 2. The van der Waals surface area contributed by atoms with Gasteiger partial charge in [0.1, 0.15) is 23.3 Å². The maximum Gasteiger partial charge on any atom is 0.142 e. The molecule has 0 radical (unpaired) electrons. The van der Waals surface area contributed by atoms with Gasteiger partial charge in [-0.25, -0.2) is 17.6 Å². The predicted molar refractivity (Wildman–Crippen MR) is 69.3 cm³/mol. The normalized spacial score (nSPS) is 10.7. The maximum absolute atomic E-state index is 13.3. The van der Waals surface area contributed by atoms with Crippen LogP contribution in [-0.4, -0.2) is 5.08 Å². The summed E-state index contributed by atoms with van der Waals surface area (Å²) in [6.07, 6.45) is 0. The van der Waals surface area contributed by atoms with Crippen LogP contribution in [0.4, 0.5) is 17.6 Å². The van der Waals surface area contributed by atoms with Gasteiger partial charge in [-0.1, -0.05) is 0 Å². The minimum absolute atomic E-state index is 0.212. The molecular formula is C13H8F4S2. The summed E-state index contributed by atoms with van der Waals surface area (Å²) >= 11 is 2.25. The van der Waals surface area contributed by atoms with E-state index in [9.17, 15) is 17.6 Å². The fourth-order valence-electron chi connectivity index (χ4n) is 1.35. The molecule has 0 bridgehead atoms. The van der Waals surface area contributed by atoms with Crippen molar-refractivity contribution < 1.29 is 17.6 Å². The molecule has 0 saturated heterocycles. The van der Waals surface area contributed by atoms with E-state index in [1.165, 1.54) is 23.9 Å². The largest absolute Gasteiger partial charge is 0.207 e. The van der Waals surface area contributed by atoms with Crippen molar-refractivity contribution in [3.63, 3.8) is 0 Å². The molecule has 2 aromatic carbocycles. The Labute approximate surface area is 116 Å². The monoisotopic (exact) mass is 304 g/mol. The average Bonchev–Trinajstić information content (AvgIpc) is 2.34. The quantitative estimate of drug-likeness (QED) is 0.438. The number of hydrogen-bond donors (Lipinski definition) is 0. The molecule has 6 heteroatoms. The van der Waals surface area contributed by atoms with Crippen LogP contribution in [0.1, 0.15) is 0 Å². The van der Waals surface area contributed by atoms with Crippen molar-refractivity contribution in [1.82, 2.24) is 0 Å². The molecular weight excluding hydrogens is 296 g/mol. The van der Waals surface area contributed by atoms with Crippen molar-refractivity contribution in [1.29, 1.82) is 0 Å². The highest BCUT2D eigenvalue weighted by Gasteiger charge is 2.11. The first-order valence-electron chi connectivity index (χ1n) is 5.22. The molecule has 0 aliphatic rings. The smallest absolute Gasteiger partial charge is 0.142 e. The third-order valence-corrected chi connectivity index (χ3v) is 4.43. The molecule has 100 valence electrons. The zero-order chi connectivity index (χ0) is 13.8. The molecule has 2 aromatic rings. The average molecular weight is 304 g/mol. The summed E-state index contributed by atoms with van der Waals surface area (Å²) in [6, 6.07) is 7.08. The zero-order valence-electron chi connectivity index (χ0n) is 9.50. The van der Waals surface area contributed by atoms with Gasteiger partial charge in [0.05, 0.1) is 4.90 Å². The lowest BCUT2D eigenvalue weighted by molar-refractivity contribution is 0.511. The highest BCUT2D eigenvalue weighted by molar-refractivity contribution is 8.16. The van der Waals surface area contributed by atoms with E-state index in [2.05, 4.69) is 0 Å². The van der Waals surface area contributed by atoms with Gasteiger partial charge in [-0.2, -0.15) is 0 Å². The van der Waals surface area contributed by atoms with Crippen LogP contribution in [0.3, 0.4) is 0 Å². The molecule has 19 heavy (non-hydrogen) atoms. The van der Waals surface area contributed by atoms with Crippen LogP contribution in [0, 0.1) is 23.3 Å². The molecule has 0 unspecified atom stereocenters. The number of thioether (sulfide) groups is 2. The van der Waals surface area contributed by atoms with Crippen molar-refractivity contribution >= 4 is 23.5 Å². The van der Waals surface area contributed by atoms with Crippen molar-refractivity contribution in [2.75, 3.05) is 5.08 Å².